The molecule has 36 heavy (non-hydrogen) atoms. The number of benzene rings is 1. The Balaban J connectivity index is 1.52. The summed E-state index contributed by atoms with van der Waals surface area (Å²) in [4.78, 5) is 24.8. The average molecular weight is 493 g/mol. The van der Waals surface area contributed by atoms with Gasteiger partial charge >= 0.3 is 0 Å². The van der Waals surface area contributed by atoms with Gasteiger partial charge in [-0.25, -0.2) is 9.37 Å². The minimum absolute atomic E-state index is 0.0200. The monoisotopic (exact) mass is 493 g/mol. The first-order valence-corrected chi connectivity index (χ1v) is 12.0. The van der Waals surface area contributed by atoms with Crippen LogP contribution in [0, 0.1) is 17.1 Å². The molecule has 1 aliphatic heterocycles. The molecule has 0 atom stereocenters. The van der Waals surface area contributed by atoms with Crippen molar-refractivity contribution in [1.29, 1.82) is 5.26 Å². The Morgan fingerprint density at radius 3 is 2.69 bits per heavy atom. The number of nitriles is 1. The molecule has 0 radical (unpaired) electrons. The SMILES string of the molecule is N#Cc1c(F)ccc2c1n(CCN1CCOCC1)c(=O)c1c(-c3nc(C4(O)CCCC4)no3)ncn12. The summed E-state index contributed by atoms with van der Waals surface area (Å²) in [5, 5.41) is 24.5. The van der Waals surface area contributed by atoms with Crippen LogP contribution in [-0.4, -0.2) is 66.9 Å². The summed E-state index contributed by atoms with van der Waals surface area (Å²) in [5.74, 6) is -0.499. The van der Waals surface area contributed by atoms with Gasteiger partial charge in [0, 0.05) is 26.2 Å². The van der Waals surface area contributed by atoms with E-state index in [0.717, 1.165) is 25.9 Å². The molecule has 0 spiro atoms. The lowest BCUT2D eigenvalue weighted by molar-refractivity contribution is 0.0328. The number of ether oxygens (including phenoxy) is 1. The molecule has 1 saturated heterocycles. The zero-order valence-electron chi connectivity index (χ0n) is 19.5. The van der Waals surface area contributed by atoms with Crippen LogP contribution in [0.4, 0.5) is 4.39 Å². The van der Waals surface area contributed by atoms with E-state index in [1.54, 1.807) is 0 Å². The Labute approximate surface area is 204 Å². The van der Waals surface area contributed by atoms with E-state index in [1.807, 2.05) is 6.07 Å². The topological polar surface area (TPSA) is 135 Å². The van der Waals surface area contributed by atoms with E-state index in [1.165, 1.54) is 27.4 Å². The van der Waals surface area contributed by atoms with Crippen molar-refractivity contribution < 1.29 is 18.8 Å². The fourth-order valence-electron chi connectivity index (χ4n) is 5.22. The number of fused-ring (bicyclic) bond motifs is 3. The van der Waals surface area contributed by atoms with E-state index in [2.05, 4.69) is 20.0 Å². The average Bonchev–Trinajstić information content (AvgIpc) is 3.64. The number of nitrogens with zero attached hydrogens (tertiary/aromatic N) is 7. The van der Waals surface area contributed by atoms with Crippen molar-refractivity contribution in [1.82, 2.24) is 29.0 Å². The Hall–Kier alpha value is -3.66. The molecule has 11 nitrogen and oxygen atoms in total. The van der Waals surface area contributed by atoms with Gasteiger partial charge in [0.15, 0.2) is 5.69 Å². The summed E-state index contributed by atoms with van der Waals surface area (Å²) in [6.07, 6.45) is 4.24. The molecule has 2 aliphatic rings. The number of aliphatic hydroxyl groups is 1. The third kappa shape index (κ3) is 3.59. The van der Waals surface area contributed by atoms with Gasteiger partial charge in [-0.1, -0.05) is 5.16 Å². The maximum absolute atomic E-state index is 14.6. The highest BCUT2D eigenvalue weighted by molar-refractivity contribution is 5.87. The van der Waals surface area contributed by atoms with Crippen molar-refractivity contribution in [2.24, 2.45) is 0 Å². The van der Waals surface area contributed by atoms with Gasteiger partial charge < -0.3 is 18.9 Å². The molecular formula is C24H24FN7O4. The first kappa shape index (κ1) is 22.8. The highest BCUT2D eigenvalue weighted by atomic mass is 19.1. The summed E-state index contributed by atoms with van der Waals surface area (Å²) >= 11 is 0. The molecule has 186 valence electrons. The highest BCUT2D eigenvalue weighted by Crippen LogP contribution is 2.37. The van der Waals surface area contributed by atoms with Crippen LogP contribution in [0.15, 0.2) is 27.8 Å². The molecular weight excluding hydrogens is 469 g/mol. The van der Waals surface area contributed by atoms with Gasteiger partial charge in [-0.05, 0) is 37.8 Å². The Bertz CT molecular complexity index is 1550. The molecule has 4 aromatic rings. The summed E-state index contributed by atoms with van der Waals surface area (Å²) < 4.78 is 28.4. The molecule has 12 heteroatoms. The molecule has 2 fully saturated rings. The lowest BCUT2D eigenvalue weighted by Crippen LogP contribution is -2.39. The van der Waals surface area contributed by atoms with Crippen LogP contribution in [0.2, 0.25) is 0 Å². The van der Waals surface area contributed by atoms with Crippen LogP contribution in [0.1, 0.15) is 37.1 Å². The molecule has 1 saturated carbocycles. The molecule has 1 aliphatic carbocycles. The quantitative estimate of drug-likeness (QED) is 0.441. The van der Waals surface area contributed by atoms with Crippen LogP contribution < -0.4 is 5.56 Å². The summed E-state index contributed by atoms with van der Waals surface area (Å²) in [6.45, 7) is 3.41. The largest absolute Gasteiger partial charge is 0.382 e. The van der Waals surface area contributed by atoms with E-state index >= 15 is 0 Å². The fourth-order valence-corrected chi connectivity index (χ4v) is 5.22. The minimum Gasteiger partial charge on any atom is -0.382 e. The lowest BCUT2D eigenvalue weighted by atomic mass is 10.0. The predicted molar refractivity (Wildman–Crippen MR) is 125 cm³/mol. The van der Waals surface area contributed by atoms with Crippen molar-refractivity contribution in [3.63, 3.8) is 0 Å². The molecule has 4 heterocycles. The van der Waals surface area contributed by atoms with Crippen molar-refractivity contribution in [3.8, 4) is 17.7 Å². The standard InChI is InChI=1S/C24H24FN7O4/c25-16-3-4-17-19(15(16)13-26)31(8-7-30-9-11-35-12-10-30)22(33)20-18(27-14-32(17)20)21-28-23(29-36-21)24(34)5-1-2-6-24/h3-4,14,34H,1-2,5-12H2. The second-order valence-electron chi connectivity index (χ2n) is 9.29. The number of halogens is 1. The predicted octanol–water partition coefficient (Wildman–Crippen LogP) is 1.80. The molecule has 6 rings (SSSR count). The van der Waals surface area contributed by atoms with Gasteiger partial charge in [-0.2, -0.15) is 10.2 Å². The van der Waals surface area contributed by atoms with Crippen LogP contribution in [0.25, 0.3) is 28.1 Å². The summed E-state index contributed by atoms with van der Waals surface area (Å²) in [6, 6.07) is 4.64. The van der Waals surface area contributed by atoms with Gasteiger partial charge in [0.2, 0.25) is 5.82 Å². The number of morpholine rings is 1. The van der Waals surface area contributed by atoms with E-state index in [0.29, 0.717) is 38.1 Å². The summed E-state index contributed by atoms with van der Waals surface area (Å²) in [7, 11) is 0. The third-order valence-electron chi connectivity index (χ3n) is 7.18. The zero-order valence-corrected chi connectivity index (χ0v) is 19.5. The number of aromatic nitrogens is 5. The Kier molecular flexibility index (Phi) is 5.55. The van der Waals surface area contributed by atoms with E-state index < -0.39 is 17.0 Å². The molecule has 3 aromatic heterocycles. The Morgan fingerprint density at radius 2 is 1.94 bits per heavy atom. The highest BCUT2D eigenvalue weighted by Gasteiger charge is 2.38. The Morgan fingerprint density at radius 1 is 1.17 bits per heavy atom. The van der Waals surface area contributed by atoms with Crippen molar-refractivity contribution in [2.75, 3.05) is 32.8 Å². The molecule has 0 bridgehead atoms. The second kappa shape index (κ2) is 8.77. The summed E-state index contributed by atoms with van der Waals surface area (Å²) in [5.41, 5.74) is -0.798. The third-order valence-corrected chi connectivity index (χ3v) is 7.18. The van der Waals surface area contributed by atoms with Crippen molar-refractivity contribution in [3.05, 3.63) is 46.0 Å². The van der Waals surface area contributed by atoms with Crippen molar-refractivity contribution >= 4 is 16.6 Å². The lowest BCUT2D eigenvalue weighted by Gasteiger charge is -2.27. The zero-order chi connectivity index (χ0) is 24.9. The number of rotatable bonds is 5. The molecule has 1 N–H and O–H groups in total. The number of imidazole rings is 1. The van der Waals surface area contributed by atoms with Gasteiger partial charge in [-0.15, -0.1) is 0 Å². The van der Waals surface area contributed by atoms with Crippen LogP contribution in [-0.2, 0) is 16.9 Å². The maximum Gasteiger partial charge on any atom is 0.279 e. The molecule has 0 unspecified atom stereocenters. The van der Waals surface area contributed by atoms with Gasteiger partial charge in [-0.3, -0.25) is 14.1 Å². The normalized spacial score (nSPS) is 18.2. The van der Waals surface area contributed by atoms with Gasteiger partial charge in [0.05, 0.1) is 24.2 Å². The van der Waals surface area contributed by atoms with Gasteiger partial charge in [0.25, 0.3) is 11.4 Å². The fraction of sp³-hybridized carbons (Fsp3) is 0.458. The number of hydrogen-bond acceptors (Lipinski definition) is 9. The van der Waals surface area contributed by atoms with Crippen LogP contribution >= 0.6 is 0 Å². The van der Waals surface area contributed by atoms with E-state index in [9.17, 15) is 19.6 Å². The van der Waals surface area contributed by atoms with Crippen molar-refractivity contribution in [2.45, 2.75) is 37.8 Å². The first-order chi connectivity index (χ1) is 17.5. The van der Waals surface area contributed by atoms with E-state index in [-0.39, 0.29) is 40.6 Å². The van der Waals surface area contributed by atoms with Crippen LogP contribution in [0.5, 0.6) is 0 Å². The maximum atomic E-state index is 14.6. The minimum atomic E-state index is -1.15. The van der Waals surface area contributed by atoms with E-state index in [4.69, 9.17) is 9.26 Å². The first-order valence-electron chi connectivity index (χ1n) is 12.0. The smallest absolute Gasteiger partial charge is 0.279 e. The molecule has 0 amide bonds. The van der Waals surface area contributed by atoms with Crippen LogP contribution in [0.3, 0.4) is 0 Å². The molecule has 1 aromatic carbocycles. The van der Waals surface area contributed by atoms with Gasteiger partial charge in [0.1, 0.15) is 34.9 Å². The number of hydrogen-bond donors (Lipinski definition) is 1. The second-order valence-corrected chi connectivity index (χ2v) is 9.29.